The molecule has 0 atom stereocenters. The highest BCUT2D eigenvalue weighted by Crippen LogP contribution is 2.32. The minimum Gasteiger partial charge on any atom is -0.497 e. The fraction of sp³-hybridized carbons (Fsp3) is 0.400. The molecule has 0 fully saturated rings. The summed E-state index contributed by atoms with van der Waals surface area (Å²) >= 11 is 0. The third-order valence-electron chi connectivity index (χ3n) is 3.01. The summed E-state index contributed by atoms with van der Waals surface area (Å²) in [5, 5.41) is 0. The molecule has 2 N–H and O–H groups in total. The van der Waals surface area contributed by atoms with Crippen LogP contribution in [0.25, 0.3) is 0 Å². The van der Waals surface area contributed by atoms with Crippen molar-refractivity contribution in [1.82, 2.24) is 4.90 Å². The molecule has 110 valence electrons. The molecular formula is C15H22N2O3. The lowest BCUT2D eigenvalue weighted by atomic mass is 10.1. The van der Waals surface area contributed by atoms with E-state index in [0.717, 1.165) is 0 Å². The first-order chi connectivity index (χ1) is 9.46. The van der Waals surface area contributed by atoms with Gasteiger partial charge in [-0.25, -0.2) is 0 Å². The number of amides is 1. The molecule has 0 aromatic heterocycles. The molecule has 1 aromatic carbocycles. The molecule has 0 saturated heterocycles. The van der Waals surface area contributed by atoms with Crippen molar-refractivity contribution < 1.29 is 14.3 Å². The number of nitrogens with two attached hydrogens (primary N) is 1. The van der Waals surface area contributed by atoms with Crippen molar-refractivity contribution >= 4 is 11.6 Å². The number of anilines is 1. The zero-order chi connectivity index (χ0) is 15.3. The summed E-state index contributed by atoms with van der Waals surface area (Å²) in [6.07, 6.45) is 1.69. The van der Waals surface area contributed by atoms with Crippen molar-refractivity contribution in [3.63, 3.8) is 0 Å². The zero-order valence-corrected chi connectivity index (χ0v) is 12.5. The molecule has 0 heterocycles. The van der Waals surface area contributed by atoms with Crippen LogP contribution in [0.3, 0.4) is 0 Å². The molecular weight excluding hydrogens is 256 g/mol. The molecule has 0 aliphatic carbocycles. The molecule has 5 nitrogen and oxygen atoms in total. The van der Waals surface area contributed by atoms with Crippen molar-refractivity contribution in [3.8, 4) is 11.5 Å². The minimum atomic E-state index is -0.172. The summed E-state index contributed by atoms with van der Waals surface area (Å²) in [5.41, 5.74) is 6.68. The summed E-state index contributed by atoms with van der Waals surface area (Å²) in [5.74, 6) is 0.784. The van der Waals surface area contributed by atoms with Crippen LogP contribution >= 0.6 is 0 Å². The van der Waals surface area contributed by atoms with E-state index in [-0.39, 0.29) is 11.9 Å². The maximum Gasteiger partial charge on any atom is 0.256 e. The van der Waals surface area contributed by atoms with Crippen molar-refractivity contribution in [1.29, 1.82) is 0 Å². The Morgan fingerprint density at radius 3 is 2.50 bits per heavy atom. The van der Waals surface area contributed by atoms with Gasteiger partial charge in [-0.2, -0.15) is 0 Å². The quantitative estimate of drug-likeness (QED) is 0.640. The first kappa shape index (κ1) is 15.9. The zero-order valence-electron chi connectivity index (χ0n) is 12.5. The van der Waals surface area contributed by atoms with Crippen LogP contribution in [-0.2, 0) is 0 Å². The molecule has 1 rings (SSSR count). The maximum absolute atomic E-state index is 12.6. The van der Waals surface area contributed by atoms with E-state index in [1.165, 1.54) is 14.2 Å². The summed E-state index contributed by atoms with van der Waals surface area (Å²) in [6.45, 7) is 8.01. The topological polar surface area (TPSA) is 64.8 Å². The van der Waals surface area contributed by atoms with E-state index in [0.29, 0.717) is 29.3 Å². The molecule has 20 heavy (non-hydrogen) atoms. The number of methoxy groups -OCH3 is 2. The smallest absolute Gasteiger partial charge is 0.256 e. The minimum absolute atomic E-state index is 0.0390. The van der Waals surface area contributed by atoms with Gasteiger partial charge in [0.15, 0.2) is 0 Å². The Hall–Kier alpha value is -2.17. The van der Waals surface area contributed by atoms with Gasteiger partial charge in [-0.1, -0.05) is 6.08 Å². The van der Waals surface area contributed by atoms with Crippen LogP contribution in [0.4, 0.5) is 5.69 Å². The van der Waals surface area contributed by atoms with Gasteiger partial charge in [0.05, 0.1) is 25.5 Å². The number of ether oxygens (including phenoxy) is 2. The molecule has 5 heteroatoms. The van der Waals surface area contributed by atoms with Crippen LogP contribution in [0.5, 0.6) is 11.5 Å². The van der Waals surface area contributed by atoms with Crippen LogP contribution in [0.1, 0.15) is 24.2 Å². The third kappa shape index (κ3) is 3.23. The number of hydrogen-bond donors (Lipinski definition) is 1. The Bertz CT molecular complexity index is 498. The van der Waals surface area contributed by atoms with Gasteiger partial charge in [0.1, 0.15) is 11.5 Å². The first-order valence-electron chi connectivity index (χ1n) is 6.39. The first-order valence-corrected chi connectivity index (χ1v) is 6.39. The highest BCUT2D eigenvalue weighted by Gasteiger charge is 2.22. The van der Waals surface area contributed by atoms with Gasteiger partial charge in [-0.05, 0) is 19.9 Å². The van der Waals surface area contributed by atoms with Gasteiger partial charge in [0.25, 0.3) is 5.91 Å². The molecule has 1 amide bonds. The normalized spacial score (nSPS) is 10.2. The largest absolute Gasteiger partial charge is 0.497 e. The van der Waals surface area contributed by atoms with Gasteiger partial charge >= 0.3 is 0 Å². The second kappa shape index (κ2) is 6.84. The molecule has 0 aliphatic heterocycles. The van der Waals surface area contributed by atoms with Crippen LogP contribution in [-0.4, -0.2) is 37.6 Å². The van der Waals surface area contributed by atoms with Crippen molar-refractivity contribution in [2.24, 2.45) is 0 Å². The lowest BCUT2D eigenvalue weighted by Crippen LogP contribution is -2.37. The number of nitrogen functional groups attached to an aromatic ring is 1. The van der Waals surface area contributed by atoms with Gasteiger partial charge in [0, 0.05) is 18.7 Å². The molecule has 0 unspecified atom stereocenters. The molecule has 0 radical (unpaired) electrons. The van der Waals surface area contributed by atoms with E-state index in [9.17, 15) is 4.79 Å². The predicted molar refractivity (Wildman–Crippen MR) is 80.3 cm³/mol. The average molecular weight is 278 g/mol. The van der Waals surface area contributed by atoms with E-state index in [1.54, 1.807) is 23.1 Å². The molecule has 0 spiro atoms. The second-order valence-electron chi connectivity index (χ2n) is 4.63. The van der Waals surface area contributed by atoms with E-state index in [2.05, 4.69) is 6.58 Å². The van der Waals surface area contributed by atoms with Gasteiger partial charge < -0.3 is 20.1 Å². The molecule has 0 bridgehead atoms. The number of rotatable bonds is 6. The van der Waals surface area contributed by atoms with Crippen LogP contribution in [0.15, 0.2) is 24.8 Å². The SMILES string of the molecule is C=CCN(C(=O)c1cc(OC)cc(OC)c1N)C(C)C. The Balaban J connectivity index is 3.29. The lowest BCUT2D eigenvalue weighted by molar-refractivity contribution is 0.0729. The van der Waals surface area contributed by atoms with E-state index < -0.39 is 0 Å². The lowest BCUT2D eigenvalue weighted by Gasteiger charge is -2.26. The fourth-order valence-corrected chi connectivity index (χ4v) is 1.89. The highest BCUT2D eigenvalue weighted by molar-refractivity contribution is 6.01. The van der Waals surface area contributed by atoms with E-state index in [4.69, 9.17) is 15.2 Å². The van der Waals surface area contributed by atoms with E-state index in [1.807, 2.05) is 13.8 Å². The van der Waals surface area contributed by atoms with Gasteiger partial charge in [0.2, 0.25) is 0 Å². The summed E-state index contributed by atoms with van der Waals surface area (Å²) in [6, 6.07) is 3.31. The molecule has 0 saturated carbocycles. The maximum atomic E-state index is 12.6. The van der Waals surface area contributed by atoms with Crippen LogP contribution in [0.2, 0.25) is 0 Å². The van der Waals surface area contributed by atoms with Crippen molar-refractivity contribution in [3.05, 3.63) is 30.4 Å². The van der Waals surface area contributed by atoms with Crippen LogP contribution in [0, 0.1) is 0 Å². The van der Waals surface area contributed by atoms with Crippen molar-refractivity contribution in [2.45, 2.75) is 19.9 Å². The Kier molecular flexibility index (Phi) is 5.43. The summed E-state index contributed by atoms with van der Waals surface area (Å²) in [4.78, 5) is 14.3. The molecule has 0 aliphatic rings. The van der Waals surface area contributed by atoms with Gasteiger partial charge in [-0.3, -0.25) is 4.79 Å². The standard InChI is InChI=1S/C15H22N2O3/c1-6-7-17(10(2)3)15(18)12-8-11(19-4)9-13(20-5)14(12)16/h6,8-10H,1,7,16H2,2-5H3. The number of carbonyl (C=O) groups is 1. The Morgan fingerprint density at radius 1 is 1.40 bits per heavy atom. The number of nitrogens with zero attached hydrogens (tertiary/aromatic N) is 1. The van der Waals surface area contributed by atoms with Crippen molar-refractivity contribution in [2.75, 3.05) is 26.5 Å². The predicted octanol–water partition coefficient (Wildman–Crippen LogP) is 2.32. The van der Waals surface area contributed by atoms with E-state index >= 15 is 0 Å². The monoisotopic (exact) mass is 278 g/mol. The summed E-state index contributed by atoms with van der Waals surface area (Å²) < 4.78 is 10.4. The molecule has 1 aromatic rings. The number of benzene rings is 1. The fourth-order valence-electron chi connectivity index (χ4n) is 1.89. The third-order valence-corrected chi connectivity index (χ3v) is 3.01. The highest BCUT2D eigenvalue weighted by atomic mass is 16.5. The Morgan fingerprint density at radius 2 is 2.05 bits per heavy atom. The number of carbonyl (C=O) groups excluding carboxylic acids is 1. The van der Waals surface area contributed by atoms with Gasteiger partial charge in [-0.15, -0.1) is 6.58 Å². The second-order valence-corrected chi connectivity index (χ2v) is 4.63. The number of hydrogen-bond acceptors (Lipinski definition) is 4. The summed E-state index contributed by atoms with van der Waals surface area (Å²) in [7, 11) is 3.03. The van der Waals surface area contributed by atoms with Crippen LogP contribution < -0.4 is 15.2 Å². The Labute approximate surface area is 120 Å². The average Bonchev–Trinajstić information content (AvgIpc) is 2.44.